The molecule has 0 spiro atoms. The number of nitrogens with one attached hydrogen (secondary N) is 1. The van der Waals surface area contributed by atoms with E-state index in [0.29, 0.717) is 27.6 Å². The van der Waals surface area contributed by atoms with Gasteiger partial charge in [0.15, 0.2) is 0 Å². The number of hydrogen-bond donors (Lipinski definition) is 1. The number of amides is 1. The smallest absolute Gasteiger partial charge is 0.259 e. The molecular weight excluding hydrogens is 288 g/mol. The van der Waals surface area contributed by atoms with E-state index < -0.39 is 0 Å². The number of aryl methyl sites for hydroxylation is 1. The van der Waals surface area contributed by atoms with Gasteiger partial charge in [-0.15, -0.1) is 0 Å². The average Bonchev–Trinajstić information content (AvgIpc) is 2.49. The lowest BCUT2D eigenvalue weighted by molar-refractivity contribution is 0.102. The first kappa shape index (κ1) is 14.9. The van der Waals surface area contributed by atoms with Crippen LogP contribution in [0.1, 0.15) is 21.5 Å². The van der Waals surface area contributed by atoms with Crippen LogP contribution in [-0.4, -0.2) is 13.0 Å². The summed E-state index contributed by atoms with van der Waals surface area (Å²) < 4.78 is 5.16. The summed E-state index contributed by atoms with van der Waals surface area (Å²) in [6.45, 7) is 1.86. The molecule has 2 aromatic carbocycles. The number of carbonyl (C=O) groups is 1. The fraction of sp³-hybridized carbons (Fsp3) is 0.125. The third-order valence-corrected chi connectivity index (χ3v) is 3.26. The van der Waals surface area contributed by atoms with Crippen molar-refractivity contribution < 1.29 is 9.53 Å². The number of carbonyl (C=O) groups excluding carboxylic acids is 1. The van der Waals surface area contributed by atoms with Gasteiger partial charge in [0.25, 0.3) is 5.91 Å². The summed E-state index contributed by atoms with van der Waals surface area (Å²) in [5.74, 6) is 0.0794. The zero-order chi connectivity index (χ0) is 15.4. The maximum absolute atomic E-state index is 12.3. The third kappa shape index (κ3) is 3.33. The van der Waals surface area contributed by atoms with Gasteiger partial charge >= 0.3 is 0 Å². The molecule has 2 rings (SSSR count). The van der Waals surface area contributed by atoms with Crippen LogP contribution in [0.25, 0.3) is 0 Å². The molecule has 1 N–H and O–H groups in total. The van der Waals surface area contributed by atoms with Crippen LogP contribution >= 0.6 is 11.6 Å². The number of benzene rings is 2. The highest BCUT2D eigenvalue weighted by atomic mass is 35.5. The first-order chi connectivity index (χ1) is 10.0. The van der Waals surface area contributed by atoms with E-state index in [1.54, 1.807) is 36.4 Å². The van der Waals surface area contributed by atoms with Gasteiger partial charge in [-0.25, -0.2) is 0 Å². The molecule has 4 nitrogen and oxygen atoms in total. The highest BCUT2D eigenvalue weighted by Crippen LogP contribution is 2.25. The molecule has 106 valence electrons. The molecule has 0 atom stereocenters. The Balaban J connectivity index is 2.32. The molecule has 0 fully saturated rings. The molecule has 0 bridgehead atoms. The quantitative estimate of drug-likeness (QED) is 0.938. The minimum absolute atomic E-state index is 0.318. The predicted molar refractivity (Wildman–Crippen MR) is 81.9 cm³/mol. The molecule has 21 heavy (non-hydrogen) atoms. The van der Waals surface area contributed by atoms with Gasteiger partial charge in [-0.05, 0) is 42.8 Å². The van der Waals surface area contributed by atoms with Crippen molar-refractivity contribution in [3.8, 4) is 11.8 Å². The summed E-state index contributed by atoms with van der Waals surface area (Å²) in [7, 11) is 1.48. The molecule has 1 amide bonds. The number of hydrogen-bond acceptors (Lipinski definition) is 3. The van der Waals surface area contributed by atoms with Crippen LogP contribution in [0, 0.1) is 18.3 Å². The second-order valence-corrected chi connectivity index (χ2v) is 4.88. The Hall–Kier alpha value is -2.51. The first-order valence-corrected chi connectivity index (χ1v) is 6.58. The van der Waals surface area contributed by atoms with Crippen LogP contribution in [-0.2, 0) is 0 Å². The van der Waals surface area contributed by atoms with E-state index in [1.807, 2.05) is 13.0 Å². The molecule has 0 saturated carbocycles. The predicted octanol–water partition coefficient (Wildman–Crippen LogP) is 3.78. The summed E-state index contributed by atoms with van der Waals surface area (Å²) >= 11 is 5.88. The van der Waals surface area contributed by atoms with E-state index in [9.17, 15) is 4.79 Å². The van der Waals surface area contributed by atoms with Gasteiger partial charge in [0.05, 0.1) is 24.3 Å². The highest BCUT2D eigenvalue weighted by Gasteiger charge is 2.14. The molecular formula is C16H13ClN2O2. The average molecular weight is 301 g/mol. The molecule has 0 heterocycles. The number of rotatable bonds is 3. The van der Waals surface area contributed by atoms with Crippen molar-refractivity contribution in [2.75, 3.05) is 12.4 Å². The Labute approximate surface area is 127 Å². The Morgan fingerprint density at radius 3 is 2.71 bits per heavy atom. The van der Waals surface area contributed by atoms with Crippen molar-refractivity contribution in [1.82, 2.24) is 0 Å². The number of ether oxygens (including phenoxy) is 1. The molecule has 0 aliphatic heterocycles. The van der Waals surface area contributed by atoms with Crippen molar-refractivity contribution in [3.63, 3.8) is 0 Å². The van der Waals surface area contributed by atoms with E-state index in [1.165, 1.54) is 7.11 Å². The van der Waals surface area contributed by atoms with Gasteiger partial charge in [-0.3, -0.25) is 4.79 Å². The Morgan fingerprint density at radius 2 is 2.05 bits per heavy atom. The van der Waals surface area contributed by atoms with Crippen LogP contribution in [0.3, 0.4) is 0 Å². The van der Waals surface area contributed by atoms with Gasteiger partial charge in [0.1, 0.15) is 5.75 Å². The summed E-state index contributed by atoms with van der Waals surface area (Å²) in [5, 5.41) is 12.2. The van der Waals surface area contributed by atoms with E-state index >= 15 is 0 Å². The monoisotopic (exact) mass is 300 g/mol. The second-order valence-electron chi connectivity index (χ2n) is 4.44. The van der Waals surface area contributed by atoms with E-state index in [2.05, 4.69) is 5.32 Å². The zero-order valence-electron chi connectivity index (χ0n) is 11.6. The van der Waals surface area contributed by atoms with Crippen molar-refractivity contribution in [2.24, 2.45) is 0 Å². The highest BCUT2D eigenvalue weighted by molar-refractivity contribution is 6.31. The number of nitrogens with zero attached hydrogens (tertiary/aromatic N) is 1. The molecule has 0 aliphatic carbocycles. The Bertz CT molecular complexity index is 736. The van der Waals surface area contributed by atoms with Gasteiger partial charge in [-0.2, -0.15) is 5.26 Å². The van der Waals surface area contributed by atoms with E-state index in [4.69, 9.17) is 21.6 Å². The first-order valence-electron chi connectivity index (χ1n) is 6.21. The van der Waals surface area contributed by atoms with Crippen LogP contribution < -0.4 is 10.1 Å². The lowest BCUT2D eigenvalue weighted by atomic mass is 10.1. The fourth-order valence-electron chi connectivity index (χ4n) is 1.87. The van der Waals surface area contributed by atoms with Gasteiger partial charge in [0, 0.05) is 10.7 Å². The van der Waals surface area contributed by atoms with Crippen LogP contribution in [0.4, 0.5) is 5.69 Å². The molecule has 0 aliphatic rings. The topological polar surface area (TPSA) is 62.1 Å². The Kier molecular flexibility index (Phi) is 4.46. The van der Waals surface area contributed by atoms with E-state index in [-0.39, 0.29) is 5.91 Å². The molecule has 0 radical (unpaired) electrons. The van der Waals surface area contributed by atoms with Gasteiger partial charge in [-0.1, -0.05) is 17.7 Å². The van der Waals surface area contributed by atoms with Crippen molar-refractivity contribution in [2.45, 2.75) is 6.92 Å². The van der Waals surface area contributed by atoms with Gasteiger partial charge in [0.2, 0.25) is 0 Å². The standard InChI is InChI=1S/C16H13ClN2O2/c1-10-3-4-11(9-18)7-14(10)19-16(20)13-6-5-12(17)8-15(13)21-2/h3-8H,1-2H3,(H,19,20). The van der Waals surface area contributed by atoms with E-state index in [0.717, 1.165) is 5.56 Å². The summed E-state index contributed by atoms with van der Waals surface area (Å²) in [6, 6.07) is 12.0. The summed E-state index contributed by atoms with van der Waals surface area (Å²) in [5.41, 5.74) is 2.33. The molecule has 2 aromatic rings. The molecule has 5 heteroatoms. The van der Waals surface area contributed by atoms with Gasteiger partial charge < -0.3 is 10.1 Å². The number of methoxy groups -OCH3 is 1. The molecule has 0 saturated heterocycles. The summed E-state index contributed by atoms with van der Waals surface area (Å²) in [4.78, 5) is 12.3. The zero-order valence-corrected chi connectivity index (χ0v) is 12.4. The minimum atomic E-state index is -0.318. The lowest BCUT2D eigenvalue weighted by Gasteiger charge is -2.11. The fourth-order valence-corrected chi connectivity index (χ4v) is 2.03. The van der Waals surface area contributed by atoms with Crippen molar-refractivity contribution >= 4 is 23.2 Å². The maximum Gasteiger partial charge on any atom is 0.259 e. The number of nitriles is 1. The van der Waals surface area contributed by atoms with Crippen LogP contribution in [0.5, 0.6) is 5.75 Å². The SMILES string of the molecule is COc1cc(Cl)ccc1C(=O)Nc1cc(C#N)ccc1C. The molecule has 0 unspecified atom stereocenters. The second kappa shape index (κ2) is 6.29. The largest absolute Gasteiger partial charge is 0.496 e. The maximum atomic E-state index is 12.3. The number of anilines is 1. The molecule has 0 aromatic heterocycles. The lowest BCUT2D eigenvalue weighted by Crippen LogP contribution is -2.14. The van der Waals surface area contributed by atoms with Crippen molar-refractivity contribution in [3.05, 3.63) is 58.1 Å². The summed E-state index contributed by atoms with van der Waals surface area (Å²) in [6.07, 6.45) is 0. The Morgan fingerprint density at radius 1 is 1.29 bits per heavy atom. The minimum Gasteiger partial charge on any atom is -0.496 e. The third-order valence-electron chi connectivity index (χ3n) is 3.02. The number of halogens is 1. The normalized spacial score (nSPS) is 9.81. The van der Waals surface area contributed by atoms with Crippen LogP contribution in [0.2, 0.25) is 5.02 Å². The van der Waals surface area contributed by atoms with Crippen molar-refractivity contribution in [1.29, 1.82) is 5.26 Å². The van der Waals surface area contributed by atoms with Crippen LogP contribution in [0.15, 0.2) is 36.4 Å².